The molecule has 1 aliphatic heterocycles. The van der Waals surface area contributed by atoms with Crippen LogP contribution in [-0.2, 0) is 29.2 Å². The largest absolute Gasteiger partial charge is 0.389 e. The van der Waals surface area contributed by atoms with Crippen molar-refractivity contribution < 1.29 is 22.8 Å². The molecule has 0 aromatic carbocycles. The number of carbonyl (C=O) groups is 2. The molecule has 144 valence electrons. The quantitative estimate of drug-likeness (QED) is 0.863. The van der Waals surface area contributed by atoms with Crippen LogP contribution in [0, 0.1) is 5.92 Å². The van der Waals surface area contributed by atoms with Gasteiger partial charge >= 0.3 is 6.18 Å². The summed E-state index contributed by atoms with van der Waals surface area (Å²) in [5.74, 6) is -0.294. The molecule has 1 aromatic rings. The van der Waals surface area contributed by atoms with Crippen molar-refractivity contribution in [3.63, 3.8) is 0 Å². The average molecular weight is 372 g/mol. The van der Waals surface area contributed by atoms with Crippen LogP contribution < -0.4 is 5.32 Å². The first kappa shape index (κ1) is 18.7. The van der Waals surface area contributed by atoms with Gasteiger partial charge in [-0.15, -0.1) is 0 Å². The number of aromatic nitrogens is 2. The second-order valence-corrected chi connectivity index (χ2v) is 6.98. The number of nitrogens with zero attached hydrogens (tertiary/aromatic N) is 3. The third-order valence-corrected chi connectivity index (χ3v) is 4.93. The molecule has 1 fully saturated rings. The molecule has 1 saturated carbocycles. The van der Waals surface area contributed by atoms with Crippen LogP contribution in [0.5, 0.6) is 0 Å². The van der Waals surface area contributed by atoms with Gasteiger partial charge < -0.3 is 10.2 Å². The summed E-state index contributed by atoms with van der Waals surface area (Å²) in [4.78, 5) is 25.9. The maximum absolute atomic E-state index is 12.5. The van der Waals surface area contributed by atoms with Crippen molar-refractivity contribution in [3.8, 4) is 0 Å². The van der Waals surface area contributed by atoms with E-state index in [2.05, 4.69) is 10.4 Å². The highest BCUT2D eigenvalue weighted by Crippen LogP contribution is 2.29. The first-order valence-electron chi connectivity index (χ1n) is 8.99. The minimum Gasteiger partial charge on any atom is -0.350 e. The van der Waals surface area contributed by atoms with Crippen LogP contribution in [0.3, 0.4) is 0 Å². The van der Waals surface area contributed by atoms with Crippen molar-refractivity contribution in [3.05, 3.63) is 17.5 Å². The number of hydrogen-bond donors (Lipinski definition) is 1. The molecule has 0 spiro atoms. The lowest BCUT2D eigenvalue weighted by atomic mass is 9.84. The van der Waals surface area contributed by atoms with Gasteiger partial charge in [-0.25, -0.2) is 0 Å². The van der Waals surface area contributed by atoms with E-state index >= 15 is 0 Å². The number of hydrogen-bond acceptors (Lipinski definition) is 3. The molecular weight excluding hydrogens is 349 g/mol. The average Bonchev–Trinajstić information content (AvgIpc) is 2.79. The number of fused-ring (bicyclic) bond motifs is 1. The molecule has 2 heterocycles. The summed E-state index contributed by atoms with van der Waals surface area (Å²) in [6.07, 6.45) is -2.20. The number of amides is 2. The standard InChI is InChI=1S/C17H23F3N4O2/c18-17(19,20)6-5-15(25)21-10-13-9-14-11-23(7-2-8-24(14)22-13)16(26)12-3-1-4-12/h9,12H,1-8,10-11H2,(H,21,25). The van der Waals surface area contributed by atoms with Crippen molar-refractivity contribution >= 4 is 11.8 Å². The van der Waals surface area contributed by atoms with Crippen LogP contribution in [0.25, 0.3) is 0 Å². The van der Waals surface area contributed by atoms with Gasteiger partial charge in [-0.05, 0) is 25.3 Å². The molecule has 3 rings (SSSR count). The fraction of sp³-hybridized carbons (Fsp3) is 0.706. The van der Waals surface area contributed by atoms with Gasteiger partial charge in [0.25, 0.3) is 0 Å². The number of nitrogens with one attached hydrogen (secondary N) is 1. The zero-order valence-electron chi connectivity index (χ0n) is 14.5. The third-order valence-electron chi connectivity index (χ3n) is 4.93. The fourth-order valence-electron chi connectivity index (χ4n) is 3.24. The molecule has 2 amide bonds. The summed E-state index contributed by atoms with van der Waals surface area (Å²) in [5.41, 5.74) is 1.49. The maximum atomic E-state index is 12.5. The normalized spacial score (nSPS) is 18.0. The first-order valence-corrected chi connectivity index (χ1v) is 8.99. The summed E-state index contributed by atoms with van der Waals surface area (Å²) in [5, 5.41) is 6.88. The number of alkyl halides is 3. The molecular formula is C17H23F3N4O2. The van der Waals surface area contributed by atoms with Crippen LogP contribution in [0.15, 0.2) is 6.07 Å². The van der Waals surface area contributed by atoms with Gasteiger partial charge in [0.2, 0.25) is 11.8 Å². The van der Waals surface area contributed by atoms with Crippen LogP contribution in [0.4, 0.5) is 13.2 Å². The van der Waals surface area contributed by atoms with Gasteiger partial charge in [0.15, 0.2) is 0 Å². The lowest BCUT2D eigenvalue weighted by Gasteiger charge is -2.30. The Labute approximate surface area is 149 Å². The molecule has 0 atom stereocenters. The van der Waals surface area contributed by atoms with E-state index in [0.29, 0.717) is 25.3 Å². The highest BCUT2D eigenvalue weighted by molar-refractivity contribution is 5.79. The van der Waals surface area contributed by atoms with Crippen molar-refractivity contribution in [2.24, 2.45) is 5.92 Å². The molecule has 1 aromatic heterocycles. The minimum atomic E-state index is -4.33. The van der Waals surface area contributed by atoms with Gasteiger partial charge in [0.1, 0.15) is 0 Å². The van der Waals surface area contributed by atoms with E-state index in [-0.39, 0.29) is 18.4 Å². The van der Waals surface area contributed by atoms with Gasteiger partial charge in [-0.1, -0.05) is 6.42 Å². The summed E-state index contributed by atoms with van der Waals surface area (Å²) in [6, 6.07) is 1.82. The summed E-state index contributed by atoms with van der Waals surface area (Å²) < 4.78 is 38.2. The van der Waals surface area contributed by atoms with Crippen molar-refractivity contribution in [1.82, 2.24) is 20.0 Å². The van der Waals surface area contributed by atoms with Gasteiger partial charge in [0.05, 0.1) is 30.9 Å². The molecule has 2 aliphatic rings. The smallest absolute Gasteiger partial charge is 0.350 e. The highest BCUT2D eigenvalue weighted by Gasteiger charge is 2.31. The van der Waals surface area contributed by atoms with E-state index < -0.39 is 24.9 Å². The summed E-state index contributed by atoms with van der Waals surface area (Å²) in [7, 11) is 0. The van der Waals surface area contributed by atoms with Crippen molar-refractivity contribution in [2.45, 2.75) is 64.3 Å². The van der Waals surface area contributed by atoms with E-state index in [1.165, 1.54) is 0 Å². The molecule has 26 heavy (non-hydrogen) atoms. The Hall–Kier alpha value is -2.06. The third kappa shape index (κ3) is 4.76. The van der Waals surface area contributed by atoms with E-state index in [1.807, 2.05) is 15.6 Å². The first-order chi connectivity index (χ1) is 12.3. The lowest BCUT2D eigenvalue weighted by molar-refractivity contribution is -0.144. The maximum Gasteiger partial charge on any atom is 0.389 e. The zero-order chi connectivity index (χ0) is 18.7. The summed E-state index contributed by atoms with van der Waals surface area (Å²) >= 11 is 0. The topological polar surface area (TPSA) is 67.2 Å². The predicted octanol–water partition coefficient (Wildman–Crippen LogP) is 2.37. The zero-order valence-corrected chi connectivity index (χ0v) is 14.5. The Morgan fingerprint density at radius 3 is 2.65 bits per heavy atom. The number of rotatable bonds is 5. The second-order valence-electron chi connectivity index (χ2n) is 6.98. The molecule has 0 radical (unpaired) electrons. The molecule has 1 N–H and O–H groups in total. The van der Waals surface area contributed by atoms with E-state index in [1.54, 1.807) is 0 Å². The highest BCUT2D eigenvalue weighted by atomic mass is 19.4. The monoisotopic (exact) mass is 372 g/mol. The lowest BCUT2D eigenvalue weighted by Crippen LogP contribution is -2.38. The van der Waals surface area contributed by atoms with E-state index in [4.69, 9.17) is 0 Å². The molecule has 1 aliphatic carbocycles. The Morgan fingerprint density at radius 2 is 2.00 bits per heavy atom. The Balaban J connectivity index is 1.54. The van der Waals surface area contributed by atoms with Gasteiger partial charge in [-0.2, -0.15) is 18.3 Å². The minimum absolute atomic E-state index is 0.0905. The summed E-state index contributed by atoms with van der Waals surface area (Å²) in [6.45, 7) is 1.98. The van der Waals surface area contributed by atoms with Crippen molar-refractivity contribution in [2.75, 3.05) is 6.54 Å². The van der Waals surface area contributed by atoms with Crippen molar-refractivity contribution in [1.29, 1.82) is 0 Å². The SMILES string of the molecule is O=C(CCC(F)(F)F)NCc1cc2n(n1)CCCN(C(=O)C1CCC1)C2. The van der Waals surface area contributed by atoms with Crippen LogP contribution in [-0.4, -0.2) is 39.2 Å². The van der Waals surface area contributed by atoms with E-state index in [9.17, 15) is 22.8 Å². The molecule has 6 nitrogen and oxygen atoms in total. The Morgan fingerprint density at radius 1 is 1.23 bits per heavy atom. The molecule has 0 bridgehead atoms. The van der Waals surface area contributed by atoms with Crippen LogP contribution in [0.2, 0.25) is 0 Å². The molecule has 0 unspecified atom stereocenters. The molecule has 0 saturated heterocycles. The van der Waals surface area contributed by atoms with Crippen LogP contribution in [0.1, 0.15) is 49.9 Å². The number of halogens is 3. The van der Waals surface area contributed by atoms with E-state index in [0.717, 1.165) is 31.4 Å². The Bertz CT molecular complexity index is 667. The van der Waals surface area contributed by atoms with Gasteiger partial charge in [-0.3, -0.25) is 14.3 Å². The molecule has 9 heteroatoms. The second kappa shape index (κ2) is 7.67. The number of carbonyl (C=O) groups excluding carboxylic acids is 2. The fourth-order valence-corrected chi connectivity index (χ4v) is 3.24. The predicted molar refractivity (Wildman–Crippen MR) is 86.7 cm³/mol. The van der Waals surface area contributed by atoms with Gasteiger partial charge in [0, 0.05) is 25.4 Å². The van der Waals surface area contributed by atoms with Crippen LogP contribution >= 0.6 is 0 Å². The number of aryl methyl sites for hydroxylation is 1. The Kier molecular flexibility index (Phi) is 5.52.